The number of ether oxygens (including phenoxy) is 1. The molecule has 0 spiro atoms. The van der Waals surface area contributed by atoms with Crippen molar-refractivity contribution in [2.75, 3.05) is 6.61 Å². The highest BCUT2D eigenvalue weighted by molar-refractivity contribution is 7.89. The first-order valence-corrected chi connectivity index (χ1v) is 13.4. The lowest BCUT2D eigenvalue weighted by Gasteiger charge is -2.24. The fraction of sp³-hybridized carbons (Fsp3) is 0.333. The molecule has 36 heavy (non-hydrogen) atoms. The second-order valence-electron chi connectivity index (χ2n) is 8.70. The van der Waals surface area contributed by atoms with Crippen molar-refractivity contribution in [3.8, 4) is 28.3 Å². The molecule has 2 aromatic carbocycles. The van der Waals surface area contributed by atoms with Gasteiger partial charge in [-0.25, -0.2) is 22.9 Å². The third kappa shape index (κ3) is 6.27. The summed E-state index contributed by atoms with van der Waals surface area (Å²) in [5.41, 5.74) is 3.05. The number of nitrogens with two attached hydrogens (primary N) is 1. The first-order chi connectivity index (χ1) is 17.1. The Morgan fingerprint density at radius 3 is 2.22 bits per heavy atom. The molecule has 1 aromatic heterocycles. The Balaban J connectivity index is 2.27. The van der Waals surface area contributed by atoms with Crippen LogP contribution in [-0.4, -0.2) is 31.1 Å². The maximum absolute atomic E-state index is 13.7. The van der Waals surface area contributed by atoms with Crippen molar-refractivity contribution < 1.29 is 27.4 Å². The molecular weight excluding hydrogens is 483 g/mol. The molecule has 3 rings (SSSR count). The Hall–Kier alpha value is -3.30. The minimum absolute atomic E-state index is 0.0347. The van der Waals surface area contributed by atoms with Crippen LogP contribution in [0.5, 0.6) is 5.88 Å². The molecule has 1 heterocycles. The molecule has 2 unspecified atom stereocenters. The molecule has 2 atom stereocenters. The molecule has 0 saturated carbocycles. The highest BCUT2D eigenvalue weighted by atomic mass is 32.2. The summed E-state index contributed by atoms with van der Waals surface area (Å²) >= 11 is 0. The molecule has 0 aliphatic rings. The number of aromatic nitrogens is 1. The zero-order chi connectivity index (χ0) is 26.5. The van der Waals surface area contributed by atoms with E-state index >= 15 is 0 Å². The van der Waals surface area contributed by atoms with E-state index in [4.69, 9.17) is 14.9 Å². The molecule has 0 amide bonds. The molecule has 0 radical (unpaired) electrons. The molecule has 7 nitrogen and oxygen atoms in total. The van der Waals surface area contributed by atoms with Gasteiger partial charge in [-0.05, 0) is 66.8 Å². The summed E-state index contributed by atoms with van der Waals surface area (Å²) in [4.78, 5) is 16.7. The maximum Gasteiger partial charge on any atom is 0.307 e. The van der Waals surface area contributed by atoms with Gasteiger partial charge in [-0.1, -0.05) is 39.3 Å². The van der Waals surface area contributed by atoms with Crippen molar-refractivity contribution >= 4 is 16.0 Å². The number of sulfonamides is 1. The van der Waals surface area contributed by atoms with Crippen molar-refractivity contribution in [2.24, 2.45) is 11.1 Å². The molecule has 0 bridgehead atoms. The van der Waals surface area contributed by atoms with Gasteiger partial charge < -0.3 is 9.84 Å². The van der Waals surface area contributed by atoms with Gasteiger partial charge in [-0.3, -0.25) is 4.79 Å². The van der Waals surface area contributed by atoms with Gasteiger partial charge in [0.05, 0.1) is 23.1 Å². The molecule has 192 valence electrons. The third-order valence-corrected chi connectivity index (χ3v) is 7.14. The maximum atomic E-state index is 13.7. The summed E-state index contributed by atoms with van der Waals surface area (Å²) in [5, 5.41) is 15.0. The van der Waals surface area contributed by atoms with Gasteiger partial charge in [0.2, 0.25) is 15.9 Å². The van der Waals surface area contributed by atoms with Crippen molar-refractivity contribution in [1.82, 2.24) is 4.98 Å². The summed E-state index contributed by atoms with van der Waals surface area (Å²) < 4.78 is 43.2. The molecular formula is C27H31FN2O5S. The lowest BCUT2D eigenvalue weighted by atomic mass is 9.84. The molecule has 0 saturated heterocycles. The minimum atomic E-state index is -3.88. The van der Waals surface area contributed by atoms with Crippen molar-refractivity contribution in [3.05, 3.63) is 66.0 Å². The average Bonchev–Trinajstić information content (AvgIpc) is 2.84. The van der Waals surface area contributed by atoms with Crippen molar-refractivity contribution in [3.63, 3.8) is 0 Å². The number of carboxylic acids is 1. The highest BCUT2D eigenvalue weighted by Gasteiger charge is 2.29. The molecule has 0 fully saturated rings. The van der Waals surface area contributed by atoms with E-state index in [-0.39, 0.29) is 4.90 Å². The van der Waals surface area contributed by atoms with Crippen LogP contribution < -0.4 is 9.88 Å². The second kappa shape index (κ2) is 11.6. The minimum Gasteiger partial charge on any atom is -0.481 e. The lowest BCUT2D eigenvalue weighted by molar-refractivity contribution is -0.142. The number of pyridine rings is 1. The standard InChI is InChI=1S/C27H31FN2O5S/c1-4-6-15-35-26-23(17(3)22(5-2)27(31)32)16-24(18-9-13-21(14-10-18)36(29,33)34)25(30-26)19-7-11-20(28)12-8-19/h7-14,16-17,22H,4-6,15H2,1-3H3,(H,31,32)(H2,29,33,34). The van der Waals surface area contributed by atoms with Crippen LogP contribution in [0.25, 0.3) is 22.4 Å². The SMILES string of the molecule is CCCCOc1nc(-c2ccc(F)cc2)c(-c2ccc(S(N)(=O)=O)cc2)cc1C(C)C(CC)C(=O)O. The molecule has 0 aliphatic heterocycles. The van der Waals surface area contributed by atoms with E-state index in [2.05, 4.69) is 0 Å². The summed E-state index contributed by atoms with van der Waals surface area (Å²) in [6.07, 6.45) is 2.13. The van der Waals surface area contributed by atoms with Gasteiger partial charge in [0.25, 0.3) is 0 Å². The van der Waals surface area contributed by atoms with E-state index in [0.29, 0.717) is 46.9 Å². The Labute approximate surface area is 211 Å². The van der Waals surface area contributed by atoms with Crippen LogP contribution in [0, 0.1) is 11.7 Å². The zero-order valence-electron chi connectivity index (χ0n) is 20.6. The lowest BCUT2D eigenvalue weighted by Crippen LogP contribution is -2.20. The number of benzene rings is 2. The number of hydrogen-bond donors (Lipinski definition) is 2. The number of rotatable bonds is 11. The molecule has 3 aromatic rings. The van der Waals surface area contributed by atoms with Gasteiger partial charge in [-0.2, -0.15) is 0 Å². The van der Waals surface area contributed by atoms with Crippen LogP contribution in [0.1, 0.15) is 51.5 Å². The number of hydrogen-bond acceptors (Lipinski definition) is 5. The first-order valence-electron chi connectivity index (χ1n) is 11.9. The number of carboxylic acid groups (broad SMARTS) is 1. The number of carbonyl (C=O) groups is 1. The molecule has 9 heteroatoms. The van der Waals surface area contributed by atoms with E-state index < -0.39 is 33.6 Å². The molecule has 3 N–H and O–H groups in total. The number of unbranched alkanes of at least 4 members (excludes halogenated alkanes) is 1. The van der Waals surface area contributed by atoms with Crippen LogP contribution in [0.3, 0.4) is 0 Å². The summed E-state index contributed by atoms with van der Waals surface area (Å²) in [6.45, 7) is 6.10. The fourth-order valence-electron chi connectivity index (χ4n) is 4.10. The van der Waals surface area contributed by atoms with E-state index in [9.17, 15) is 22.7 Å². The number of primary sulfonamides is 1. The Morgan fingerprint density at radius 1 is 1.08 bits per heavy atom. The largest absolute Gasteiger partial charge is 0.481 e. The van der Waals surface area contributed by atoms with E-state index in [0.717, 1.165) is 12.8 Å². The van der Waals surface area contributed by atoms with Crippen LogP contribution in [-0.2, 0) is 14.8 Å². The second-order valence-corrected chi connectivity index (χ2v) is 10.3. The number of nitrogens with zero attached hydrogens (tertiary/aromatic N) is 1. The van der Waals surface area contributed by atoms with Gasteiger partial charge in [-0.15, -0.1) is 0 Å². The average molecular weight is 515 g/mol. The van der Waals surface area contributed by atoms with Crippen LogP contribution in [0.15, 0.2) is 59.5 Å². The fourth-order valence-corrected chi connectivity index (χ4v) is 4.61. The predicted molar refractivity (Wildman–Crippen MR) is 137 cm³/mol. The van der Waals surface area contributed by atoms with Gasteiger partial charge in [0.15, 0.2) is 0 Å². The first kappa shape index (κ1) is 27.3. The van der Waals surface area contributed by atoms with Gasteiger partial charge >= 0.3 is 5.97 Å². The monoisotopic (exact) mass is 514 g/mol. The normalized spacial score (nSPS) is 13.2. The quantitative estimate of drug-likeness (QED) is 0.322. The Morgan fingerprint density at radius 2 is 1.69 bits per heavy atom. The third-order valence-electron chi connectivity index (χ3n) is 6.21. The predicted octanol–water partition coefficient (Wildman–Crippen LogP) is 5.60. The Kier molecular flexibility index (Phi) is 8.81. The molecule has 0 aliphatic carbocycles. The number of aliphatic carboxylic acids is 1. The van der Waals surface area contributed by atoms with E-state index in [1.807, 2.05) is 26.8 Å². The summed E-state index contributed by atoms with van der Waals surface area (Å²) in [5.74, 6) is -2.04. The summed E-state index contributed by atoms with van der Waals surface area (Å²) in [7, 11) is -3.88. The summed E-state index contributed by atoms with van der Waals surface area (Å²) in [6, 6.07) is 13.7. The van der Waals surface area contributed by atoms with E-state index in [1.165, 1.54) is 24.3 Å². The van der Waals surface area contributed by atoms with Crippen LogP contribution >= 0.6 is 0 Å². The Bertz CT molecular complexity index is 1310. The van der Waals surface area contributed by atoms with E-state index in [1.54, 1.807) is 24.3 Å². The van der Waals surface area contributed by atoms with Gasteiger partial charge in [0, 0.05) is 16.7 Å². The van der Waals surface area contributed by atoms with Crippen molar-refractivity contribution in [2.45, 2.75) is 50.8 Å². The highest BCUT2D eigenvalue weighted by Crippen LogP contribution is 2.40. The smallest absolute Gasteiger partial charge is 0.307 e. The topological polar surface area (TPSA) is 120 Å². The number of halogens is 1. The van der Waals surface area contributed by atoms with Crippen molar-refractivity contribution in [1.29, 1.82) is 0 Å². The van der Waals surface area contributed by atoms with Crippen LogP contribution in [0.4, 0.5) is 4.39 Å². The zero-order valence-corrected chi connectivity index (χ0v) is 21.4. The van der Waals surface area contributed by atoms with Gasteiger partial charge in [0.1, 0.15) is 5.82 Å². The van der Waals surface area contributed by atoms with Crippen LogP contribution in [0.2, 0.25) is 0 Å².